The Morgan fingerprint density at radius 1 is 0.654 bits per heavy atom. The number of anilines is 1. The fourth-order valence-electron chi connectivity index (χ4n) is 2.43. The highest BCUT2D eigenvalue weighted by Crippen LogP contribution is 2.23. The molecule has 0 unspecified atom stereocenters. The van der Waals surface area contributed by atoms with Crippen LogP contribution in [0.15, 0.2) is 93.5 Å². The highest BCUT2D eigenvalue weighted by atomic mass is 32.2. The molecule has 5 nitrogen and oxygen atoms in total. The van der Waals surface area contributed by atoms with Crippen LogP contribution >= 0.6 is 0 Å². The molecule has 0 radical (unpaired) electrons. The average Bonchev–Trinajstić information content (AvgIpc) is 2.63. The van der Waals surface area contributed by atoms with Crippen LogP contribution in [0.1, 0.15) is 5.56 Å². The SMILES string of the molecule is Cc1cccc(S(=O)(=O)Nc2ccc(S(=O)(=O)c3ccccc3)cc2)c1. The number of hydrogen-bond acceptors (Lipinski definition) is 4. The van der Waals surface area contributed by atoms with Gasteiger partial charge in [-0.25, -0.2) is 16.8 Å². The second-order valence-electron chi connectivity index (χ2n) is 5.76. The number of rotatable bonds is 5. The average molecular weight is 387 g/mol. The second-order valence-corrected chi connectivity index (χ2v) is 9.39. The zero-order valence-electron chi connectivity index (χ0n) is 14.0. The van der Waals surface area contributed by atoms with Gasteiger partial charge in [-0.3, -0.25) is 4.72 Å². The Morgan fingerprint density at radius 2 is 1.23 bits per heavy atom. The first-order chi connectivity index (χ1) is 12.3. The number of nitrogens with one attached hydrogen (secondary N) is 1. The van der Waals surface area contributed by atoms with Gasteiger partial charge in [0.2, 0.25) is 9.84 Å². The van der Waals surface area contributed by atoms with Crippen LogP contribution in [0.5, 0.6) is 0 Å². The molecule has 0 aromatic heterocycles. The summed E-state index contributed by atoms with van der Waals surface area (Å²) in [7, 11) is -7.37. The van der Waals surface area contributed by atoms with Crippen molar-refractivity contribution in [2.24, 2.45) is 0 Å². The minimum Gasteiger partial charge on any atom is -0.280 e. The molecule has 0 fully saturated rings. The fourth-order valence-corrected chi connectivity index (χ4v) is 4.88. The molecule has 3 rings (SSSR count). The van der Waals surface area contributed by atoms with E-state index in [9.17, 15) is 16.8 Å². The molecular weight excluding hydrogens is 370 g/mol. The second kappa shape index (κ2) is 6.93. The summed E-state index contributed by atoms with van der Waals surface area (Å²) in [6, 6.07) is 20.3. The number of aryl methyl sites for hydroxylation is 1. The van der Waals surface area contributed by atoms with Crippen LogP contribution in [-0.4, -0.2) is 16.8 Å². The standard InChI is InChI=1S/C19H17NO4S2/c1-15-6-5-9-19(14-15)26(23,24)20-16-10-12-18(13-11-16)25(21,22)17-7-3-2-4-8-17/h2-14,20H,1H3. The molecule has 3 aromatic carbocycles. The van der Waals surface area contributed by atoms with E-state index in [4.69, 9.17) is 0 Å². The summed E-state index contributed by atoms with van der Waals surface area (Å²) in [5, 5.41) is 0. The lowest BCUT2D eigenvalue weighted by molar-refractivity contribution is 0.596. The van der Waals surface area contributed by atoms with Gasteiger partial charge in [-0.1, -0.05) is 30.3 Å². The van der Waals surface area contributed by atoms with Crippen molar-refractivity contribution in [3.05, 3.63) is 84.4 Å². The summed E-state index contributed by atoms with van der Waals surface area (Å²) in [6.45, 7) is 1.81. The lowest BCUT2D eigenvalue weighted by Crippen LogP contribution is -2.13. The quantitative estimate of drug-likeness (QED) is 0.725. The first-order valence-electron chi connectivity index (χ1n) is 7.79. The molecule has 0 aliphatic carbocycles. The van der Waals surface area contributed by atoms with E-state index in [1.54, 1.807) is 30.3 Å². The van der Waals surface area contributed by atoms with E-state index in [1.807, 2.05) is 13.0 Å². The van der Waals surface area contributed by atoms with Crippen molar-refractivity contribution in [1.82, 2.24) is 0 Å². The molecule has 0 heterocycles. The fraction of sp³-hybridized carbons (Fsp3) is 0.0526. The van der Waals surface area contributed by atoms with Gasteiger partial charge in [-0.2, -0.15) is 0 Å². The van der Waals surface area contributed by atoms with Gasteiger partial charge in [0.25, 0.3) is 10.0 Å². The Labute approximate surface area is 153 Å². The van der Waals surface area contributed by atoms with Crippen molar-refractivity contribution in [3.63, 3.8) is 0 Å². The summed E-state index contributed by atoms with van der Waals surface area (Å²) < 4.78 is 52.4. The normalized spacial score (nSPS) is 11.9. The van der Waals surface area contributed by atoms with Crippen molar-refractivity contribution in [3.8, 4) is 0 Å². The molecule has 134 valence electrons. The monoisotopic (exact) mass is 387 g/mol. The Morgan fingerprint density at radius 3 is 1.85 bits per heavy atom. The molecule has 1 N–H and O–H groups in total. The maximum Gasteiger partial charge on any atom is 0.261 e. The maximum absolute atomic E-state index is 12.6. The van der Waals surface area contributed by atoms with Crippen molar-refractivity contribution < 1.29 is 16.8 Å². The predicted molar refractivity (Wildman–Crippen MR) is 100 cm³/mol. The molecule has 7 heteroatoms. The zero-order valence-corrected chi connectivity index (χ0v) is 15.6. The van der Waals surface area contributed by atoms with Crippen molar-refractivity contribution in [2.75, 3.05) is 4.72 Å². The van der Waals surface area contributed by atoms with Gasteiger partial charge < -0.3 is 0 Å². The predicted octanol–water partition coefficient (Wildman–Crippen LogP) is 3.63. The van der Waals surface area contributed by atoms with Crippen molar-refractivity contribution in [1.29, 1.82) is 0 Å². The highest BCUT2D eigenvalue weighted by Gasteiger charge is 2.18. The van der Waals surface area contributed by atoms with Crippen LogP contribution < -0.4 is 4.72 Å². The first kappa shape index (κ1) is 18.2. The summed E-state index contributed by atoms with van der Waals surface area (Å²) in [5.74, 6) is 0. The summed E-state index contributed by atoms with van der Waals surface area (Å²) >= 11 is 0. The molecule has 0 aliphatic heterocycles. The molecule has 0 spiro atoms. The zero-order chi connectivity index (χ0) is 18.8. The maximum atomic E-state index is 12.6. The lowest BCUT2D eigenvalue weighted by atomic mass is 10.2. The van der Waals surface area contributed by atoms with Gasteiger partial charge in [-0.15, -0.1) is 0 Å². The van der Waals surface area contributed by atoms with Crippen LogP contribution in [0.25, 0.3) is 0 Å². The van der Waals surface area contributed by atoms with Crippen LogP contribution in [0.3, 0.4) is 0 Å². The number of benzene rings is 3. The lowest BCUT2D eigenvalue weighted by Gasteiger charge is -2.10. The Balaban J connectivity index is 1.87. The molecule has 0 amide bonds. The first-order valence-corrected chi connectivity index (χ1v) is 10.8. The molecule has 0 saturated carbocycles. The van der Waals surface area contributed by atoms with E-state index in [0.717, 1.165) is 5.56 Å². The number of hydrogen-bond donors (Lipinski definition) is 1. The molecule has 0 atom stereocenters. The van der Waals surface area contributed by atoms with E-state index in [1.165, 1.54) is 42.5 Å². The van der Waals surface area contributed by atoms with Crippen molar-refractivity contribution >= 4 is 25.5 Å². The van der Waals surface area contributed by atoms with E-state index < -0.39 is 19.9 Å². The molecule has 0 bridgehead atoms. The van der Waals surface area contributed by atoms with Gasteiger partial charge in [0.15, 0.2) is 0 Å². The van der Waals surface area contributed by atoms with E-state index in [0.29, 0.717) is 5.69 Å². The van der Waals surface area contributed by atoms with Crippen LogP contribution in [0, 0.1) is 6.92 Å². The van der Waals surface area contributed by atoms with E-state index in [2.05, 4.69) is 4.72 Å². The minimum atomic E-state index is -3.74. The van der Waals surface area contributed by atoms with Gasteiger partial charge in [0.05, 0.1) is 14.7 Å². The number of sulfonamides is 1. The number of sulfone groups is 1. The van der Waals surface area contributed by atoms with Crippen LogP contribution in [0.2, 0.25) is 0 Å². The third kappa shape index (κ3) is 3.79. The third-order valence-corrected chi connectivity index (χ3v) is 6.93. The Kier molecular flexibility index (Phi) is 4.84. The molecule has 26 heavy (non-hydrogen) atoms. The van der Waals surface area contributed by atoms with E-state index in [-0.39, 0.29) is 14.7 Å². The molecule has 3 aromatic rings. The highest BCUT2D eigenvalue weighted by molar-refractivity contribution is 7.92. The van der Waals surface area contributed by atoms with Crippen LogP contribution in [0.4, 0.5) is 5.69 Å². The summed E-state index contributed by atoms with van der Waals surface area (Å²) in [4.78, 5) is 0.439. The van der Waals surface area contributed by atoms with Gasteiger partial charge in [0.1, 0.15) is 0 Å². The third-order valence-electron chi connectivity index (χ3n) is 3.77. The van der Waals surface area contributed by atoms with E-state index >= 15 is 0 Å². The smallest absolute Gasteiger partial charge is 0.261 e. The molecule has 0 aliphatic rings. The minimum absolute atomic E-state index is 0.0993. The Hall–Kier alpha value is -2.64. The van der Waals surface area contributed by atoms with Crippen molar-refractivity contribution in [2.45, 2.75) is 21.6 Å². The molecule has 0 saturated heterocycles. The van der Waals surface area contributed by atoms with Gasteiger partial charge in [-0.05, 0) is 61.0 Å². The summed E-state index contributed by atoms with van der Waals surface area (Å²) in [5.41, 5.74) is 1.12. The largest absolute Gasteiger partial charge is 0.280 e. The topological polar surface area (TPSA) is 80.3 Å². The van der Waals surface area contributed by atoms with Gasteiger partial charge >= 0.3 is 0 Å². The van der Waals surface area contributed by atoms with Crippen LogP contribution in [-0.2, 0) is 19.9 Å². The molecular formula is C19H17NO4S2. The van der Waals surface area contributed by atoms with Gasteiger partial charge in [0, 0.05) is 5.69 Å². The Bertz CT molecular complexity index is 1120. The summed E-state index contributed by atoms with van der Waals surface area (Å²) in [6.07, 6.45) is 0.